The first-order valence-corrected chi connectivity index (χ1v) is 9.99. The second-order valence-corrected chi connectivity index (χ2v) is 8.17. The Balaban J connectivity index is 1.19. The van der Waals surface area contributed by atoms with Gasteiger partial charge in [-0.25, -0.2) is 4.98 Å². The van der Waals surface area contributed by atoms with Crippen molar-refractivity contribution >= 4 is 17.4 Å². The van der Waals surface area contributed by atoms with E-state index in [1.165, 1.54) is 0 Å². The maximum Gasteiger partial charge on any atom is 0.255 e. The maximum atomic E-state index is 12.8. The number of nitrogens with zero attached hydrogens (tertiary/aromatic N) is 6. The highest BCUT2D eigenvalue weighted by Crippen LogP contribution is 2.55. The third-order valence-corrected chi connectivity index (χ3v) is 6.72. The fraction of sp³-hybridized carbons (Fsp3) is 0.450. The van der Waals surface area contributed by atoms with E-state index in [1.807, 2.05) is 12.3 Å². The zero-order chi connectivity index (χ0) is 19.4. The molecule has 0 radical (unpaired) electrons. The lowest BCUT2D eigenvalue weighted by atomic mass is 9.73. The SMILES string of the molecule is O=C(NC[C@H]1[C@H]2CN(c3cnccn3)C[C@]23CC[C@H]1O3)c1cccn2cnnc12. The number of rotatable bonds is 4. The lowest BCUT2D eigenvalue weighted by Crippen LogP contribution is -2.42. The summed E-state index contributed by atoms with van der Waals surface area (Å²) in [6.07, 6.45) is 11.0. The van der Waals surface area contributed by atoms with Crippen molar-refractivity contribution in [3.8, 4) is 0 Å². The molecule has 29 heavy (non-hydrogen) atoms. The number of pyridine rings is 1. The summed E-state index contributed by atoms with van der Waals surface area (Å²) >= 11 is 0. The molecule has 3 aliphatic rings. The molecule has 1 N–H and O–H groups in total. The van der Waals surface area contributed by atoms with E-state index in [0.717, 1.165) is 31.7 Å². The van der Waals surface area contributed by atoms with Crippen LogP contribution < -0.4 is 10.2 Å². The lowest BCUT2D eigenvalue weighted by Gasteiger charge is -2.29. The van der Waals surface area contributed by atoms with Crippen LogP contribution in [0, 0.1) is 11.8 Å². The number of carbonyl (C=O) groups excluding carboxylic acids is 1. The van der Waals surface area contributed by atoms with Crippen LogP contribution in [0.4, 0.5) is 5.82 Å². The van der Waals surface area contributed by atoms with E-state index in [0.29, 0.717) is 29.6 Å². The third kappa shape index (κ3) is 2.53. The summed E-state index contributed by atoms with van der Waals surface area (Å²) in [5, 5.41) is 11.1. The summed E-state index contributed by atoms with van der Waals surface area (Å²) in [6, 6.07) is 3.61. The van der Waals surface area contributed by atoms with Gasteiger partial charge in [0, 0.05) is 50.1 Å². The van der Waals surface area contributed by atoms with Crippen LogP contribution in [-0.2, 0) is 4.74 Å². The Morgan fingerprint density at radius 3 is 3.24 bits per heavy atom. The van der Waals surface area contributed by atoms with E-state index in [1.54, 1.807) is 35.4 Å². The predicted molar refractivity (Wildman–Crippen MR) is 103 cm³/mol. The quantitative estimate of drug-likeness (QED) is 0.707. The highest BCUT2D eigenvalue weighted by atomic mass is 16.5. The number of hydrogen-bond acceptors (Lipinski definition) is 7. The molecule has 3 aliphatic heterocycles. The van der Waals surface area contributed by atoms with Crippen molar-refractivity contribution < 1.29 is 9.53 Å². The van der Waals surface area contributed by atoms with Crippen LogP contribution in [0.25, 0.3) is 5.65 Å². The van der Waals surface area contributed by atoms with Gasteiger partial charge in [0.15, 0.2) is 5.65 Å². The number of nitrogens with one attached hydrogen (secondary N) is 1. The van der Waals surface area contributed by atoms with Crippen LogP contribution >= 0.6 is 0 Å². The first-order valence-electron chi connectivity index (χ1n) is 9.99. The number of aromatic nitrogens is 5. The fourth-order valence-electron chi connectivity index (χ4n) is 5.43. The van der Waals surface area contributed by atoms with Crippen molar-refractivity contribution in [2.24, 2.45) is 11.8 Å². The van der Waals surface area contributed by atoms with Gasteiger partial charge >= 0.3 is 0 Å². The molecule has 2 bridgehead atoms. The Kier molecular flexibility index (Phi) is 3.61. The van der Waals surface area contributed by atoms with Gasteiger partial charge in [-0.2, -0.15) is 0 Å². The minimum Gasteiger partial charge on any atom is -0.369 e. The molecule has 1 amide bonds. The molecule has 0 saturated carbocycles. The standard InChI is InChI=1S/C20H21N7O2/c28-19(13-2-1-7-26-12-24-25-18(13)26)23-8-14-15-10-27(17-9-21-5-6-22-17)11-20(15)4-3-16(14)29-20/h1-2,5-7,9,12,14-16H,3-4,8,10-11H2,(H,23,28)/t14-,15+,16+,20+/m0/s1. The van der Waals surface area contributed by atoms with E-state index in [9.17, 15) is 4.79 Å². The Labute approximate surface area is 167 Å². The van der Waals surface area contributed by atoms with Gasteiger partial charge in [-0.3, -0.25) is 14.2 Å². The molecule has 1 spiro atoms. The van der Waals surface area contributed by atoms with Crippen LogP contribution in [0.1, 0.15) is 23.2 Å². The average molecular weight is 391 g/mol. The van der Waals surface area contributed by atoms with Crippen LogP contribution in [-0.4, -0.2) is 61.8 Å². The monoisotopic (exact) mass is 391 g/mol. The molecular formula is C20H21N7O2. The van der Waals surface area contributed by atoms with Gasteiger partial charge in [0.1, 0.15) is 12.1 Å². The summed E-state index contributed by atoms with van der Waals surface area (Å²) in [5.74, 6) is 1.45. The molecule has 9 heteroatoms. The molecule has 3 aromatic heterocycles. The number of carbonyl (C=O) groups is 1. The molecule has 6 heterocycles. The normalized spacial score (nSPS) is 30.1. The van der Waals surface area contributed by atoms with Gasteiger partial charge in [-0.15, -0.1) is 10.2 Å². The van der Waals surface area contributed by atoms with E-state index in [2.05, 4.69) is 30.4 Å². The zero-order valence-electron chi connectivity index (χ0n) is 15.8. The molecule has 3 aromatic rings. The van der Waals surface area contributed by atoms with Gasteiger partial charge in [0.05, 0.1) is 23.5 Å². The lowest BCUT2D eigenvalue weighted by molar-refractivity contribution is 0.0141. The molecule has 0 aromatic carbocycles. The number of fused-ring (bicyclic) bond motifs is 2. The van der Waals surface area contributed by atoms with E-state index < -0.39 is 0 Å². The Morgan fingerprint density at radius 1 is 1.38 bits per heavy atom. The number of ether oxygens (including phenoxy) is 1. The number of anilines is 1. The van der Waals surface area contributed by atoms with E-state index in [4.69, 9.17) is 4.74 Å². The van der Waals surface area contributed by atoms with Crippen molar-refractivity contribution in [2.75, 3.05) is 24.5 Å². The highest BCUT2D eigenvalue weighted by Gasteiger charge is 2.63. The second-order valence-electron chi connectivity index (χ2n) is 8.17. The summed E-state index contributed by atoms with van der Waals surface area (Å²) in [6.45, 7) is 2.32. The van der Waals surface area contributed by atoms with E-state index in [-0.39, 0.29) is 17.6 Å². The Morgan fingerprint density at radius 2 is 2.34 bits per heavy atom. The molecule has 9 nitrogen and oxygen atoms in total. The fourth-order valence-corrected chi connectivity index (χ4v) is 5.43. The number of amides is 1. The van der Waals surface area contributed by atoms with Gasteiger partial charge in [0.2, 0.25) is 0 Å². The maximum absolute atomic E-state index is 12.8. The molecule has 148 valence electrons. The summed E-state index contributed by atoms with van der Waals surface area (Å²) in [5.41, 5.74) is 0.988. The van der Waals surface area contributed by atoms with Gasteiger partial charge in [-0.05, 0) is 25.0 Å². The summed E-state index contributed by atoms with van der Waals surface area (Å²) in [4.78, 5) is 23.8. The van der Waals surface area contributed by atoms with Crippen molar-refractivity contribution in [3.05, 3.63) is 48.8 Å². The largest absolute Gasteiger partial charge is 0.369 e. The zero-order valence-corrected chi connectivity index (χ0v) is 15.8. The van der Waals surface area contributed by atoms with Crippen molar-refractivity contribution in [2.45, 2.75) is 24.5 Å². The van der Waals surface area contributed by atoms with Crippen LogP contribution in [0.2, 0.25) is 0 Å². The average Bonchev–Trinajstić information content (AvgIpc) is 3.51. The molecule has 0 unspecified atom stereocenters. The second kappa shape index (κ2) is 6.21. The smallest absolute Gasteiger partial charge is 0.255 e. The van der Waals surface area contributed by atoms with Crippen molar-refractivity contribution in [3.63, 3.8) is 0 Å². The van der Waals surface area contributed by atoms with Crippen molar-refractivity contribution in [1.82, 2.24) is 29.9 Å². The summed E-state index contributed by atoms with van der Waals surface area (Å²) in [7, 11) is 0. The molecule has 4 atom stereocenters. The minimum absolute atomic E-state index is 0.120. The van der Waals surface area contributed by atoms with Gasteiger partial charge in [0.25, 0.3) is 5.91 Å². The number of hydrogen-bond donors (Lipinski definition) is 1. The predicted octanol–water partition coefficient (Wildman–Crippen LogP) is 0.933. The Bertz CT molecular complexity index is 1070. The third-order valence-electron chi connectivity index (χ3n) is 6.72. The molecule has 6 rings (SSSR count). The highest BCUT2D eigenvalue weighted by molar-refractivity contribution is 5.99. The molecule has 3 saturated heterocycles. The molecule has 0 aliphatic carbocycles. The topological polar surface area (TPSA) is 97.5 Å². The molecular weight excluding hydrogens is 370 g/mol. The minimum atomic E-state index is -0.121. The van der Waals surface area contributed by atoms with Gasteiger partial charge in [-0.1, -0.05) is 0 Å². The summed E-state index contributed by atoms with van der Waals surface area (Å²) < 4.78 is 8.23. The molecule has 3 fully saturated rings. The van der Waals surface area contributed by atoms with Crippen LogP contribution in [0.15, 0.2) is 43.2 Å². The van der Waals surface area contributed by atoms with Crippen molar-refractivity contribution in [1.29, 1.82) is 0 Å². The Hall–Kier alpha value is -3.07. The first-order chi connectivity index (χ1) is 14.2. The van der Waals surface area contributed by atoms with Gasteiger partial charge < -0.3 is 15.0 Å². The van der Waals surface area contributed by atoms with E-state index >= 15 is 0 Å². The van der Waals surface area contributed by atoms with Crippen LogP contribution in [0.5, 0.6) is 0 Å². The first kappa shape index (κ1) is 16.8. The van der Waals surface area contributed by atoms with Crippen LogP contribution in [0.3, 0.4) is 0 Å².